The smallest absolute Gasteiger partial charge is 0.322 e. The number of amides is 2. The molecule has 3 rings (SSSR count). The Morgan fingerprint density at radius 2 is 1.70 bits per heavy atom. The summed E-state index contributed by atoms with van der Waals surface area (Å²) in [6.45, 7) is 0.722. The number of benzene rings is 2. The van der Waals surface area contributed by atoms with Gasteiger partial charge in [-0.3, -0.25) is 0 Å². The number of anilines is 1. The number of hydrogen-bond donors (Lipinski definition) is 1. The van der Waals surface area contributed by atoms with Gasteiger partial charge in [-0.05, 0) is 30.5 Å². The van der Waals surface area contributed by atoms with Crippen LogP contribution < -0.4 is 14.8 Å². The first-order valence-corrected chi connectivity index (χ1v) is 9.54. The van der Waals surface area contributed by atoms with Gasteiger partial charge in [0.2, 0.25) is 0 Å². The molecule has 0 bridgehead atoms. The maximum absolute atomic E-state index is 13.1. The van der Waals surface area contributed by atoms with Gasteiger partial charge in [-0.1, -0.05) is 36.6 Å². The minimum Gasteiger partial charge on any atom is -0.497 e. The van der Waals surface area contributed by atoms with Crippen LogP contribution in [0.2, 0.25) is 5.02 Å². The minimum absolute atomic E-state index is 0.0391. The summed E-state index contributed by atoms with van der Waals surface area (Å²) < 4.78 is 10.6. The van der Waals surface area contributed by atoms with Crippen molar-refractivity contribution in [3.8, 4) is 11.5 Å². The molecule has 1 atom stereocenters. The Hall–Kier alpha value is -2.40. The third-order valence-corrected chi connectivity index (χ3v) is 5.12. The van der Waals surface area contributed by atoms with Crippen LogP contribution in [0.25, 0.3) is 0 Å². The molecule has 2 aromatic carbocycles. The molecule has 5 nitrogen and oxygen atoms in total. The molecule has 27 heavy (non-hydrogen) atoms. The topological polar surface area (TPSA) is 50.8 Å². The molecule has 1 saturated heterocycles. The molecule has 0 radical (unpaired) electrons. The van der Waals surface area contributed by atoms with Crippen LogP contribution in [-0.2, 0) is 0 Å². The average molecular weight is 389 g/mol. The molecule has 0 spiro atoms. The third-order valence-electron chi connectivity index (χ3n) is 4.87. The summed E-state index contributed by atoms with van der Waals surface area (Å²) in [4.78, 5) is 15.0. The van der Waals surface area contributed by atoms with Crippen molar-refractivity contribution >= 4 is 23.3 Å². The number of halogens is 1. The Morgan fingerprint density at radius 3 is 2.33 bits per heavy atom. The zero-order chi connectivity index (χ0) is 19.2. The monoisotopic (exact) mass is 388 g/mol. The van der Waals surface area contributed by atoms with E-state index in [-0.39, 0.29) is 12.1 Å². The Bertz CT molecular complexity index is 757. The molecule has 0 aliphatic carbocycles. The van der Waals surface area contributed by atoms with Crippen molar-refractivity contribution in [3.63, 3.8) is 0 Å². The number of ether oxygens (including phenoxy) is 2. The Morgan fingerprint density at radius 1 is 1.04 bits per heavy atom. The summed E-state index contributed by atoms with van der Waals surface area (Å²) in [6, 6.07) is 13.0. The average Bonchev–Trinajstić information content (AvgIpc) is 2.94. The molecular formula is C21H25ClN2O3. The largest absolute Gasteiger partial charge is 0.497 e. The number of likely N-dealkylation sites (tertiary alicyclic amines) is 1. The quantitative estimate of drug-likeness (QED) is 0.751. The van der Waals surface area contributed by atoms with Crippen molar-refractivity contribution in [1.82, 2.24) is 4.90 Å². The summed E-state index contributed by atoms with van der Waals surface area (Å²) in [5.74, 6) is 1.27. The van der Waals surface area contributed by atoms with Crippen molar-refractivity contribution < 1.29 is 14.3 Å². The van der Waals surface area contributed by atoms with E-state index in [4.69, 9.17) is 21.1 Å². The lowest BCUT2D eigenvalue weighted by Crippen LogP contribution is -2.38. The summed E-state index contributed by atoms with van der Waals surface area (Å²) in [5.41, 5.74) is 1.76. The van der Waals surface area contributed by atoms with E-state index >= 15 is 0 Å². The molecule has 1 aliphatic heterocycles. The van der Waals surface area contributed by atoms with E-state index < -0.39 is 0 Å². The molecule has 1 heterocycles. The van der Waals surface area contributed by atoms with E-state index in [1.54, 1.807) is 32.4 Å². The van der Waals surface area contributed by atoms with Gasteiger partial charge in [0.1, 0.15) is 11.5 Å². The molecule has 6 heteroatoms. The van der Waals surface area contributed by atoms with Crippen molar-refractivity contribution in [2.24, 2.45) is 0 Å². The Kier molecular flexibility index (Phi) is 6.45. The number of rotatable bonds is 4. The summed E-state index contributed by atoms with van der Waals surface area (Å²) in [6.07, 6.45) is 4.17. The van der Waals surface area contributed by atoms with E-state index in [1.165, 1.54) is 0 Å². The van der Waals surface area contributed by atoms with Gasteiger partial charge < -0.3 is 19.7 Å². The second kappa shape index (κ2) is 9.00. The molecule has 0 saturated carbocycles. The normalized spacial score (nSPS) is 17.1. The zero-order valence-corrected chi connectivity index (χ0v) is 16.5. The maximum Gasteiger partial charge on any atom is 0.322 e. The first-order chi connectivity index (χ1) is 13.1. The van der Waals surface area contributed by atoms with Gasteiger partial charge in [-0.2, -0.15) is 0 Å². The van der Waals surface area contributed by atoms with Gasteiger partial charge in [-0.25, -0.2) is 4.79 Å². The first-order valence-electron chi connectivity index (χ1n) is 9.17. The van der Waals surface area contributed by atoms with E-state index in [0.717, 1.165) is 37.8 Å². The van der Waals surface area contributed by atoms with Gasteiger partial charge in [0.15, 0.2) is 0 Å². The van der Waals surface area contributed by atoms with Crippen molar-refractivity contribution in [3.05, 3.63) is 53.1 Å². The lowest BCUT2D eigenvalue weighted by molar-refractivity contribution is 0.189. The number of nitrogens with one attached hydrogen (secondary N) is 1. The van der Waals surface area contributed by atoms with Crippen LogP contribution in [0.3, 0.4) is 0 Å². The van der Waals surface area contributed by atoms with Crippen LogP contribution in [0, 0.1) is 0 Å². The summed E-state index contributed by atoms with van der Waals surface area (Å²) in [5, 5.41) is 3.70. The predicted molar refractivity (Wildman–Crippen MR) is 108 cm³/mol. The fourth-order valence-electron chi connectivity index (χ4n) is 3.46. The van der Waals surface area contributed by atoms with Gasteiger partial charge in [0.25, 0.3) is 0 Å². The minimum atomic E-state index is -0.118. The maximum atomic E-state index is 13.1. The van der Waals surface area contributed by atoms with Crippen LogP contribution >= 0.6 is 11.6 Å². The Balaban J connectivity index is 1.83. The number of carbonyl (C=O) groups excluding carboxylic acids is 1. The number of urea groups is 1. The van der Waals surface area contributed by atoms with E-state index in [2.05, 4.69) is 5.32 Å². The number of carbonyl (C=O) groups is 1. The Labute approximate surface area is 165 Å². The van der Waals surface area contributed by atoms with Crippen molar-refractivity contribution in [2.75, 3.05) is 26.1 Å². The second-order valence-corrected chi connectivity index (χ2v) is 7.08. The van der Waals surface area contributed by atoms with Crippen LogP contribution in [0.4, 0.5) is 10.5 Å². The number of methoxy groups -OCH3 is 2. The van der Waals surface area contributed by atoms with Crippen LogP contribution in [0.5, 0.6) is 11.5 Å². The third kappa shape index (κ3) is 4.86. The van der Waals surface area contributed by atoms with Gasteiger partial charge in [0.05, 0.1) is 20.3 Å². The van der Waals surface area contributed by atoms with Crippen LogP contribution in [0.1, 0.15) is 37.3 Å². The molecule has 1 fully saturated rings. The fourth-order valence-corrected chi connectivity index (χ4v) is 3.58. The van der Waals surface area contributed by atoms with Gasteiger partial charge in [-0.15, -0.1) is 0 Å². The molecule has 144 valence electrons. The summed E-state index contributed by atoms with van der Waals surface area (Å²) in [7, 11) is 3.18. The lowest BCUT2D eigenvalue weighted by atomic mass is 10.0. The zero-order valence-electron chi connectivity index (χ0n) is 15.7. The predicted octanol–water partition coefficient (Wildman–Crippen LogP) is 5.51. The molecule has 0 aromatic heterocycles. The van der Waals surface area contributed by atoms with E-state index in [9.17, 15) is 4.79 Å². The highest BCUT2D eigenvalue weighted by Gasteiger charge is 2.27. The number of hydrogen-bond acceptors (Lipinski definition) is 3. The fraction of sp³-hybridized carbons (Fsp3) is 0.381. The van der Waals surface area contributed by atoms with Crippen LogP contribution in [0.15, 0.2) is 42.5 Å². The molecule has 2 aromatic rings. The highest BCUT2D eigenvalue weighted by Crippen LogP contribution is 2.32. The molecular weight excluding hydrogens is 364 g/mol. The van der Waals surface area contributed by atoms with Crippen molar-refractivity contribution in [1.29, 1.82) is 0 Å². The molecule has 1 aliphatic rings. The van der Waals surface area contributed by atoms with Gasteiger partial charge in [0, 0.05) is 35.5 Å². The lowest BCUT2D eigenvalue weighted by Gasteiger charge is -2.30. The highest BCUT2D eigenvalue weighted by molar-refractivity contribution is 6.30. The standard InChI is InChI=1S/C21H25ClN2O3/c1-26-18-12-17(13-19(14-18)27-2)23-21(25)24-11-5-3-4-6-20(24)15-7-9-16(22)10-8-15/h7-10,12-14,20H,3-6,11H2,1-2H3,(H,23,25)/t20-/m1/s1. The SMILES string of the molecule is COc1cc(NC(=O)N2CCCCC[C@@H]2c2ccc(Cl)cc2)cc(OC)c1. The van der Waals surface area contributed by atoms with E-state index in [0.29, 0.717) is 22.2 Å². The van der Waals surface area contributed by atoms with Crippen LogP contribution in [-0.4, -0.2) is 31.7 Å². The highest BCUT2D eigenvalue weighted by atomic mass is 35.5. The molecule has 0 unspecified atom stereocenters. The van der Waals surface area contributed by atoms with Crippen molar-refractivity contribution in [2.45, 2.75) is 31.7 Å². The van der Waals surface area contributed by atoms with E-state index in [1.807, 2.05) is 29.2 Å². The molecule has 2 amide bonds. The van der Waals surface area contributed by atoms with Gasteiger partial charge >= 0.3 is 6.03 Å². The second-order valence-electron chi connectivity index (χ2n) is 6.64. The summed E-state index contributed by atoms with van der Waals surface area (Å²) >= 11 is 6.03. The number of nitrogens with zero attached hydrogens (tertiary/aromatic N) is 1. The first kappa shape index (κ1) is 19.4. The molecule has 1 N–H and O–H groups in total.